The lowest BCUT2D eigenvalue weighted by Crippen LogP contribution is -2.03. The number of hydrogen-bond acceptors (Lipinski definition) is 3. The summed E-state index contributed by atoms with van der Waals surface area (Å²) < 4.78 is 1.73. The molecule has 3 N–H and O–H groups in total. The highest BCUT2D eigenvalue weighted by atomic mass is 16.4. The molecular weight excluding hydrogens is 158 g/mol. The van der Waals surface area contributed by atoms with Crippen molar-refractivity contribution in [3.63, 3.8) is 0 Å². The summed E-state index contributed by atoms with van der Waals surface area (Å²) in [5.41, 5.74) is 5.51. The summed E-state index contributed by atoms with van der Waals surface area (Å²) >= 11 is 0. The van der Waals surface area contributed by atoms with Gasteiger partial charge in [-0.05, 0) is 6.42 Å². The van der Waals surface area contributed by atoms with Gasteiger partial charge in [-0.1, -0.05) is 0 Å². The van der Waals surface area contributed by atoms with Crippen LogP contribution >= 0.6 is 0 Å². The van der Waals surface area contributed by atoms with E-state index < -0.39 is 5.97 Å². The molecule has 1 rings (SSSR count). The van der Waals surface area contributed by atoms with Crippen molar-refractivity contribution < 1.29 is 9.90 Å². The first-order chi connectivity index (χ1) is 5.70. The SMILES string of the molecule is Nc1cncn1CCCC(=O)O. The first kappa shape index (κ1) is 8.58. The number of nitrogens with zero attached hydrogens (tertiary/aromatic N) is 2. The summed E-state index contributed by atoms with van der Waals surface area (Å²) in [5.74, 6) is -0.214. The Labute approximate surface area is 69.8 Å². The van der Waals surface area contributed by atoms with Crippen LogP contribution in [0.25, 0.3) is 0 Å². The Morgan fingerprint density at radius 2 is 2.50 bits per heavy atom. The largest absolute Gasteiger partial charge is 0.481 e. The molecular formula is C7H11N3O2. The predicted molar refractivity (Wildman–Crippen MR) is 43.5 cm³/mol. The van der Waals surface area contributed by atoms with Gasteiger partial charge in [0, 0.05) is 13.0 Å². The molecule has 0 spiro atoms. The molecule has 0 aliphatic rings. The summed E-state index contributed by atoms with van der Waals surface area (Å²) in [4.78, 5) is 14.0. The smallest absolute Gasteiger partial charge is 0.303 e. The second-order valence-electron chi connectivity index (χ2n) is 2.51. The van der Waals surface area contributed by atoms with Gasteiger partial charge in [0.25, 0.3) is 0 Å². The first-order valence-corrected chi connectivity index (χ1v) is 3.67. The van der Waals surface area contributed by atoms with E-state index in [-0.39, 0.29) is 6.42 Å². The standard InChI is InChI=1S/C7H11N3O2/c8-6-4-9-5-10(6)3-1-2-7(11)12/h4-5H,1-3,8H2,(H,11,12). The third-order valence-corrected chi connectivity index (χ3v) is 1.53. The number of rotatable bonds is 4. The van der Waals surface area contributed by atoms with E-state index >= 15 is 0 Å². The van der Waals surface area contributed by atoms with E-state index in [1.165, 1.54) is 0 Å². The van der Waals surface area contributed by atoms with Crippen LogP contribution in [0.4, 0.5) is 5.82 Å². The Morgan fingerprint density at radius 3 is 3.00 bits per heavy atom. The van der Waals surface area contributed by atoms with Crippen LogP contribution in [0.3, 0.4) is 0 Å². The van der Waals surface area contributed by atoms with Crippen molar-refractivity contribution in [2.75, 3.05) is 5.73 Å². The van der Waals surface area contributed by atoms with E-state index in [0.717, 1.165) is 0 Å². The van der Waals surface area contributed by atoms with E-state index in [1.807, 2.05) is 0 Å². The van der Waals surface area contributed by atoms with Crippen LogP contribution < -0.4 is 5.73 Å². The van der Waals surface area contributed by atoms with Gasteiger partial charge in [0.2, 0.25) is 0 Å². The minimum Gasteiger partial charge on any atom is -0.481 e. The molecule has 0 bridgehead atoms. The molecule has 0 radical (unpaired) electrons. The zero-order valence-corrected chi connectivity index (χ0v) is 6.60. The molecule has 0 saturated heterocycles. The number of carboxylic acid groups (broad SMARTS) is 1. The molecule has 0 unspecified atom stereocenters. The van der Waals surface area contributed by atoms with Crippen molar-refractivity contribution in [2.24, 2.45) is 0 Å². The Kier molecular flexibility index (Phi) is 2.68. The maximum absolute atomic E-state index is 10.2. The normalized spacial score (nSPS) is 10.0. The fourth-order valence-corrected chi connectivity index (χ4v) is 0.918. The number of aromatic nitrogens is 2. The van der Waals surface area contributed by atoms with E-state index in [2.05, 4.69) is 4.98 Å². The van der Waals surface area contributed by atoms with Crippen LogP contribution in [-0.2, 0) is 11.3 Å². The molecule has 1 aromatic rings. The van der Waals surface area contributed by atoms with Crippen molar-refractivity contribution in [3.8, 4) is 0 Å². The van der Waals surface area contributed by atoms with Gasteiger partial charge < -0.3 is 15.4 Å². The monoisotopic (exact) mass is 169 g/mol. The van der Waals surface area contributed by atoms with Crippen LogP contribution in [0.1, 0.15) is 12.8 Å². The Hall–Kier alpha value is -1.52. The highest BCUT2D eigenvalue weighted by Crippen LogP contribution is 2.02. The van der Waals surface area contributed by atoms with Crippen molar-refractivity contribution >= 4 is 11.8 Å². The molecule has 0 aliphatic heterocycles. The van der Waals surface area contributed by atoms with E-state index in [0.29, 0.717) is 18.8 Å². The number of carboxylic acids is 1. The summed E-state index contributed by atoms with van der Waals surface area (Å²) in [6, 6.07) is 0. The van der Waals surface area contributed by atoms with Gasteiger partial charge >= 0.3 is 5.97 Å². The lowest BCUT2D eigenvalue weighted by Gasteiger charge is -2.01. The van der Waals surface area contributed by atoms with Gasteiger partial charge in [0.05, 0.1) is 12.5 Å². The van der Waals surface area contributed by atoms with Gasteiger partial charge in [0.15, 0.2) is 0 Å². The molecule has 0 saturated carbocycles. The van der Waals surface area contributed by atoms with Crippen LogP contribution in [0.15, 0.2) is 12.5 Å². The van der Waals surface area contributed by atoms with Gasteiger partial charge in [-0.25, -0.2) is 4.98 Å². The summed E-state index contributed by atoms with van der Waals surface area (Å²) in [7, 11) is 0. The predicted octanol–water partition coefficient (Wildman–Crippen LogP) is 0.330. The lowest BCUT2D eigenvalue weighted by atomic mass is 10.3. The minimum atomic E-state index is -0.784. The zero-order chi connectivity index (χ0) is 8.97. The Balaban J connectivity index is 2.33. The molecule has 0 fully saturated rings. The Morgan fingerprint density at radius 1 is 1.75 bits per heavy atom. The molecule has 1 aromatic heterocycles. The number of hydrogen-bond donors (Lipinski definition) is 2. The number of aryl methyl sites for hydroxylation is 1. The highest BCUT2D eigenvalue weighted by molar-refractivity contribution is 5.66. The molecule has 66 valence electrons. The third kappa shape index (κ3) is 2.26. The first-order valence-electron chi connectivity index (χ1n) is 3.67. The lowest BCUT2D eigenvalue weighted by molar-refractivity contribution is -0.137. The molecule has 12 heavy (non-hydrogen) atoms. The fraction of sp³-hybridized carbons (Fsp3) is 0.429. The average molecular weight is 169 g/mol. The third-order valence-electron chi connectivity index (χ3n) is 1.53. The number of carbonyl (C=O) groups is 1. The molecule has 5 nitrogen and oxygen atoms in total. The van der Waals surface area contributed by atoms with E-state index in [1.54, 1.807) is 17.1 Å². The van der Waals surface area contributed by atoms with Crippen molar-refractivity contribution in [2.45, 2.75) is 19.4 Å². The molecule has 0 aromatic carbocycles. The molecule has 1 heterocycles. The topological polar surface area (TPSA) is 81.1 Å². The number of aliphatic carboxylic acids is 1. The molecule has 0 aliphatic carbocycles. The van der Waals surface area contributed by atoms with Crippen LogP contribution in [-0.4, -0.2) is 20.6 Å². The van der Waals surface area contributed by atoms with Crippen LogP contribution in [0.5, 0.6) is 0 Å². The second kappa shape index (κ2) is 3.75. The number of imidazole rings is 1. The van der Waals surface area contributed by atoms with Gasteiger partial charge in [-0.15, -0.1) is 0 Å². The van der Waals surface area contributed by atoms with Gasteiger partial charge in [-0.2, -0.15) is 0 Å². The van der Waals surface area contributed by atoms with Crippen molar-refractivity contribution in [1.29, 1.82) is 0 Å². The van der Waals surface area contributed by atoms with Crippen molar-refractivity contribution in [3.05, 3.63) is 12.5 Å². The summed E-state index contributed by atoms with van der Waals surface area (Å²) in [6.45, 7) is 0.609. The van der Waals surface area contributed by atoms with Gasteiger partial charge in [-0.3, -0.25) is 4.79 Å². The molecule has 0 atom stereocenters. The fourth-order valence-electron chi connectivity index (χ4n) is 0.918. The van der Waals surface area contributed by atoms with E-state index in [9.17, 15) is 4.79 Å². The second-order valence-corrected chi connectivity index (χ2v) is 2.51. The summed E-state index contributed by atoms with van der Waals surface area (Å²) in [6.07, 6.45) is 3.88. The average Bonchev–Trinajstić information content (AvgIpc) is 2.36. The minimum absolute atomic E-state index is 0.164. The maximum atomic E-state index is 10.2. The molecule has 0 amide bonds. The van der Waals surface area contributed by atoms with E-state index in [4.69, 9.17) is 10.8 Å². The number of nitrogens with two attached hydrogens (primary N) is 1. The van der Waals surface area contributed by atoms with Crippen LogP contribution in [0, 0.1) is 0 Å². The Bertz CT molecular complexity index is 269. The molecule has 5 heteroatoms. The number of nitrogen functional groups attached to an aromatic ring is 1. The summed E-state index contributed by atoms with van der Waals surface area (Å²) in [5, 5.41) is 8.36. The maximum Gasteiger partial charge on any atom is 0.303 e. The zero-order valence-electron chi connectivity index (χ0n) is 6.60. The van der Waals surface area contributed by atoms with Crippen molar-refractivity contribution in [1.82, 2.24) is 9.55 Å². The van der Waals surface area contributed by atoms with Crippen LogP contribution in [0.2, 0.25) is 0 Å². The quantitative estimate of drug-likeness (QED) is 0.680. The van der Waals surface area contributed by atoms with Gasteiger partial charge in [0.1, 0.15) is 5.82 Å². The highest BCUT2D eigenvalue weighted by Gasteiger charge is 1.99. The number of anilines is 1.